The van der Waals surface area contributed by atoms with Crippen molar-refractivity contribution in [2.45, 2.75) is 13.8 Å². The molecule has 0 unspecified atom stereocenters. The van der Waals surface area contributed by atoms with E-state index >= 15 is 0 Å². The molecule has 0 spiro atoms. The number of nitrogens with zero attached hydrogens (tertiary/aromatic N) is 1. The summed E-state index contributed by atoms with van der Waals surface area (Å²) in [4.78, 5) is 40.7. The largest absolute Gasteiger partial charge is 0.352 e. The number of hydrogen-bond donors (Lipinski definition) is 2. The second kappa shape index (κ2) is 6.75. The summed E-state index contributed by atoms with van der Waals surface area (Å²) in [6.45, 7) is 4.09. The van der Waals surface area contributed by atoms with Gasteiger partial charge in [-0.3, -0.25) is 14.4 Å². The quantitative estimate of drug-likeness (QED) is 0.797. The zero-order valence-electron chi connectivity index (χ0n) is 13.8. The monoisotopic (exact) mass is 315 g/mol. The molecule has 1 heterocycles. The van der Waals surface area contributed by atoms with Crippen molar-refractivity contribution in [1.29, 1.82) is 0 Å². The van der Waals surface area contributed by atoms with Crippen LogP contribution in [0.1, 0.15) is 45.1 Å². The first-order valence-electron chi connectivity index (χ1n) is 7.41. The number of rotatable bonds is 6. The maximum absolute atomic E-state index is 12.4. The molecule has 0 saturated carbocycles. The van der Waals surface area contributed by atoms with E-state index in [0.717, 1.165) is 5.39 Å². The average Bonchev–Trinajstić information content (AvgIpc) is 2.88. The minimum absolute atomic E-state index is 0.0949. The minimum atomic E-state index is -0.294. The molecule has 2 N–H and O–H groups in total. The number of amides is 1. The SMILES string of the molecule is CC(=O)c1cc2cc(C(C)=O)c(C(=O)NCCN(C)C)cc2[nH]1. The predicted molar refractivity (Wildman–Crippen MR) is 89.2 cm³/mol. The van der Waals surface area contributed by atoms with Crippen LogP contribution < -0.4 is 5.32 Å². The maximum Gasteiger partial charge on any atom is 0.252 e. The molecule has 0 aliphatic heterocycles. The van der Waals surface area contributed by atoms with Gasteiger partial charge in [0.15, 0.2) is 11.6 Å². The zero-order valence-corrected chi connectivity index (χ0v) is 13.8. The van der Waals surface area contributed by atoms with Gasteiger partial charge in [0.05, 0.1) is 11.3 Å². The second-order valence-electron chi connectivity index (χ2n) is 5.84. The number of aromatic amines is 1. The van der Waals surface area contributed by atoms with E-state index in [-0.39, 0.29) is 17.5 Å². The van der Waals surface area contributed by atoms with E-state index < -0.39 is 0 Å². The Kier molecular flexibility index (Phi) is 4.95. The van der Waals surface area contributed by atoms with Crippen molar-refractivity contribution in [2.24, 2.45) is 0 Å². The summed E-state index contributed by atoms with van der Waals surface area (Å²) in [5, 5.41) is 3.55. The number of hydrogen-bond acceptors (Lipinski definition) is 4. The van der Waals surface area contributed by atoms with Gasteiger partial charge in [0, 0.05) is 36.5 Å². The lowest BCUT2D eigenvalue weighted by Gasteiger charge is -2.12. The van der Waals surface area contributed by atoms with Gasteiger partial charge in [0.1, 0.15) is 0 Å². The van der Waals surface area contributed by atoms with Crippen LogP contribution in [0.3, 0.4) is 0 Å². The van der Waals surface area contributed by atoms with E-state index in [4.69, 9.17) is 0 Å². The molecule has 2 aromatic rings. The standard InChI is InChI=1S/C17H21N3O3/c1-10(21)13-7-12-8-15(11(2)22)19-16(12)9-14(13)17(23)18-5-6-20(3)4/h7-9,19H,5-6H2,1-4H3,(H,18,23). The van der Waals surface area contributed by atoms with E-state index in [1.54, 1.807) is 18.2 Å². The number of likely N-dealkylation sites (N-methyl/N-ethyl adjacent to an activating group) is 1. The Bertz CT molecular complexity index is 775. The maximum atomic E-state index is 12.4. The van der Waals surface area contributed by atoms with Gasteiger partial charge in [-0.05, 0) is 39.2 Å². The van der Waals surface area contributed by atoms with E-state index in [2.05, 4.69) is 10.3 Å². The van der Waals surface area contributed by atoms with Gasteiger partial charge >= 0.3 is 0 Å². The van der Waals surface area contributed by atoms with Gasteiger partial charge in [-0.25, -0.2) is 0 Å². The molecule has 1 aromatic carbocycles. The molecule has 122 valence electrons. The van der Waals surface area contributed by atoms with Gasteiger partial charge < -0.3 is 15.2 Å². The van der Waals surface area contributed by atoms with E-state index in [0.29, 0.717) is 35.4 Å². The van der Waals surface area contributed by atoms with Crippen molar-refractivity contribution in [3.8, 4) is 0 Å². The van der Waals surface area contributed by atoms with Crippen LogP contribution in [0.4, 0.5) is 0 Å². The van der Waals surface area contributed by atoms with E-state index in [9.17, 15) is 14.4 Å². The predicted octanol–water partition coefficient (Wildman–Crippen LogP) is 1.86. The normalized spacial score (nSPS) is 11.0. The van der Waals surface area contributed by atoms with Crippen molar-refractivity contribution in [1.82, 2.24) is 15.2 Å². The fourth-order valence-electron chi connectivity index (χ4n) is 2.34. The summed E-state index contributed by atoms with van der Waals surface area (Å²) < 4.78 is 0. The topological polar surface area (TPSA) is 82.3 Å². The summed E-state index contributed by atoms with van der Waals surface area (Å²) in [6, 6.07) is 4.98. The number of ketones is 2. The van der Waals surface area contributed by atoms with Crippen LogP contribution >= 0.6 is 0 Å². The summed E-state index contributed by atoms with van der Waals surface area (Å²) in [5.74, 6) is -0.573. The Morgan fingerprint density at radius 1 is 1.04 bits per heavy atom. The lowest BCUT2D eigenvalue weighted by Crippen LogP contribution is -2.32. The number of nitrogens with one attached hydrogen (secondary N) is 2. The van der Waals surface area contributed by atoms with Gasteiger partial charge in [-0.15, -0.1) is 0 Å². The van der Waals surface area contributed by atoms with Crippen molar-refractivity contribution in [2.75, 3.05) is 27.2 Å². The fourth-order valence-corrected chi connectivity index (χ4v) is 2.34. The van der Waals surface area contributed by atoms with E-state index in [1.165, 1.54) is 13.8 Å². The summed E-state index contributed by atoms with van der Waals surface area (Å²) in [7, 11) is 3.84. The molecule has 0 saturated heterocycles. The molecule has 1 aromatic heterocycles. The molecular weight excluding hydrogens is 294 g/mol. The molecule has 0 bridgehead atoms. The lowest BCUT2D eigenvalue weighted by molar-refractivity contribution is 0.0936. The molecule has 2 rings (SSSR count). The number of carbonyl (C=O) groups excluding carboxylic acids is 3. The molecule has 0 aliphatic carbocycles. The number of aromatic nitrogens is 1. The van der Waals surface area contributed by atoms with Crippen molar-refractivity contribution < 1.29 is 14.4 Å². The first kappa shape index (κ1) is 16.9. The van der Waals surface area contributed by atoms with Crippen molar-refractivity contribution in [3.05, 3.63) is 35.0 Å². The van der Waals surface area contributed by atoms with Gasteiger partial charge in [-0.1, -0.05) is 0 Å². The highest BCUT2D eigenvalue weighted by atomic mass is 16.2. The van der Waals surface area contributed by atoms with Crippen LogP contribution in [0.5, 0.6) is 0 Å². The van der Waals surface area contributed by atoms with Crippen LogP contribution in [0, 0.1) is 0 Å². The Balaban J connectivity index is 2.40. The summed E-state index contributed by atoms with van der Waals surface area (Å²) in [6.07, 6.45) is 0. The Morgan fingerprint density at radius 3 is 2.30 bits per heavy atom. The summed E-state index contributed by atoms with van der Waals surface area (Å²) >= 11 is 0. The molecule has 6 nitrogen and oxygen atoms in total. The fraction of sp³-hybridized carbons (Fsp3) is 0.353. The highest BCUT2D eigenvalue weighted by Gasteiger charge is 2.17. The first-order chi connectivity index (χ1) is 10.8. The average molecular weight is 315 g/mol. The number of carbonyl (C=O) groups is 3. The second-order valence-corrected chi connectivity index (χ2v) is 5.84. The highest BCUT2D eigenvalue weighted by Crippen LogP contribution is 2.22. The van der Waals surface area contributed by atoms with Crippen molar-refractivity contribution in [3.63, 3.8) is 0 Å². The smallest absolute Gasteiger partial charge is 0.252 e. The van der Waals surface area contributed by atoms with Gasteiger partial charge in [0.25, 0.3) is 5.91 Å². The lowest BCUT2D eigenvalue weighted by atomic mass is 10.0. The molecule has 0 radical (unpaired) electrons. The molecule has 23 heavy (non-hydrogen) atoms. The Morgan fingerprint density at radius 2 is 1.74 bits per heavy atom. The zero-order chi connectivity index (χ0) is 17.1. The van der Waals surface area contributed by atoms with Gasteiger partial charge in [0.2, 0.25) is 0 Å². The van der Waals surface area contributed by atoms with Crippen LogP contribution in [0.15, 0.2) is 18.2 Å². The van der Waals surface area contributed by atoms with Crippen LogP contribution in [0.2, 0.25) is 0 Å². The number of H-pyrrole nitrogens is 1. The Hall–Kier alpha value is -2.47. The number of fused-ring (bicyclic) bond motifs is 1. The van der Waals surface area contributed by atoms with Crippen molar-refractivity contribution >= 4 is 28.4 Å². The molecule has 1 amide bonds. The summed E-state index contributed by atoms with van der Waals surface area (Å²) in [5.41, 5.74) is 1.80. The molecule has 0 fully saturated rings. The van der Waals surface area contributed by atoms with Crippen LogP contribution in [-0.2, 0) is 0 Å². The molecule has 0 aliphatic rings. The minimum Gasteiger partial charge on any atom is -0.352 e. The Labute approximate surface area is 134 Å². The number of benzene rings is 1. The third-order valence-electron chi connectivity index (χ3n) is 3.61. The van der Waals surface area contributed by atoms with Gasteiger partial charge in [-0.2, -0.15) is 0 Å². The van der Waals surface area contributed by atoms with E-state index in [1.807, 2.05) is 19.0 Å². The van der Waals surface area contributed by atoms with Crippen LogP contribution in [0.25, 0.3) is 10.9 Å². The molecule has 0 atom stereocenters. The third kappa shape index (κ3) is 3.84. The third-order valence-corrected chi connectivity index (χ3v) is 3.61. The first-order valence-corrected chi connectivity index (χ1v) is 7.41. The van der Waals surface area contributed by atoms with Crippen LogP contribution in [-0.4, -0.2) is 54.5 Å². The highest BCUT2D eigenvalue weighted by molar-refractivity contribution is 6.11. The molecular formula is C17H21N3O3. The number of Topliss-reactive ketones (excluding diaryl/α,β-unsaturated/α-hetero) is 2. The molecule has 6 heteroatoms.